The van der Waals surface area contributed by atoms with Crippen LogP contribution in [0.3, 0.4) is 0 Å². The molecule has 186 valence electrons. The highest BCUT2D eigenvalue weighted by Crippen LogP contribution is 2.23. The molecule has 2 fully saturated rings. The second-order valence-corrected chi connectivity index (χ2v) is 9.59. The van der Waals surface area contributed by atoms with Gasteiger partial charge in [0.2, 0.25) is 5.91 Å². The van der Waals surface area contributed by atoms with Crippen LogP contribution >= 0.6 is 0 Å². The van der Waals surface area contributed by atoms with Gasteiger partial charge in [0, 0.05) is 42.2 Å². The molecule has 0 aromatic heterocycles. The fourth-order valence-electron chi connectivity index (χ4n) is 5.11. The van der Waals surface area contributed by atoms with Crippen molar-refractivity contribution in [1.29, 1.82) is 0 Å². The van der Waals surface area contributed by atoms with Crippen LogP contribution in [0.1, 0.15) is 64.8 Å². The van der Waals surface area contributed by atoms with Gasteiger partial charge in [-0.1, -0.05) is 31.0 Å². The number of amides is 3. The monoisotopic (exact) mass is 477 g/mol. The zero-order valence-corrected chi connectivity index (χ0v) is 20.6. The minimum Gasteiger partial charge on any atom is -0.497 e. The number of methoxy groups -OCH3 is 1. The summed E-state index contributed by atoms with van der Waals surface area (Å²) in [5.74, 6) is 0.526. The molecule has 0 spiro atoms. The summed E-state index contributed by atoms with van der Waals surface area (Å²) >= 11 is 0. The molecule has 35 heavy (non-hydrogen) atoms. The molecule has 7 heteroatoms. The maximum Gasteiger partial charge on any atom is 0.253 e. The summed E-state index contributed by atoms with van der Waals surface area (Å²) in [7, 11) is 1.60. The number of hydrogen-bond acceptors (Lipinski definition) is 4. The van der Waals surface area contributed by atoms with Crippen LogP contribution < -0.4 is 15.4 Å². The second kappa shape index (κ2) is 11.4. The van der Waals surface area contributed by atoms with E-state index in [-0.39, 0.29) is 35.7 Å². The Morgan fingerprint density at radius 3 is 2.11 bits per heavy atom. The maximum absolute atomic E-state index is 13.1. The first-order valence-corrected chi connectivity index (χ1v) is 12.6. The van der Waals surface area contributed by atoms with E-state index in [2.05, 4.69) is 10.6 Å². The van der Waals surface area contributed by atoms with Crippen molar-refractivity contribution in [3.8, 4) is 5.75 Å². The van der Waals surface area contributed by atoms with Gasteiger partial charge < -0.3 is 20.3 Å². The van der Waals surface area contributed by atoms with Gasteiger partial charge in [-0.25, -0.2) is 0 Å². The molecule has 1 saturated carbocycles. The fraction of sp³-hybridized carbons (Fsp3) is 0.464. The molecule has 2 N–H and O–H groups in total. The number of nitrogens with zero attached hydrogens (tertiary/aromatic N) is 1. The molecule has 2 aromatic rings. The third-order valence-electron chi connectivity index (χ3n) is 7.29. The minimum atomic E-state index is -0.121. The van der Waals surface area contributed by atoms with Crippen LogP contribution in [0, 0.1) is 12.8 Å². The Labute approximate surface area is 207 Å². The number of aryl methyl sites for hydroxylation is 1. The number of piperidine rings is 1. The summed E-state index contributed by atoms with van der Waals surface area (Å²) < 4.78 is 5.16. The Balaban J connectivity index is 1.30. The van der Waals surface area contributed by atoms with Gasteiger partial charge in [0.15, 0.2) is 0 Å². The van der Waals surface area contributed by atoms with Crippen molar-refractivity contribution in [1.82, 2.24) is 15.5 Å². The SMILES string of the molecule is COc1ccc(C(=O)N2CCC(C(=O)NC3CCCC[C@H]3NC(=O)c3ccccc3C)CC2)cc1. The first kappa shape index (κ1) is 24.8. The number of hydrogen-bond donors (Lipinski definition) is 2. The molecule has 2 atom stereocenters. The van der Waals surface area contributed by atoms with Gasteiger partial charge in [-0.05, 0) is 68.5 Å². The zero-order valence-electron chi connectivity index (χ0n) is 20.6. The summed E-state index contributed by atoms with van der Waals surface area (Å²) in [5.41, 5.74) is 2.25. The van der Waals surface area contributed by atoms with Crippen molar-refractivity contribution in [2.45, 2.75) is 57.5 Å². The van der Waals surface area contributed by atoms with Crippen LogP contribution in [0.15, 0.2) is 48.5 Å². The van der Waals surface area contributed by atoms with Crippen LogP contribution in [0.2, 0.25) is 0 Å². The number of likely N-dealkylation sites (tertiary alicyclic amines) is 1. The van der Waals surface area contributed by atoms with Crippen LogP contribution in [-0.2, 0) is 4.79 Å². The molecular weight excluding hydrogens is 442 g/mol. The molecule has 7 nitrogen and oxygen atoms in total. The average molecular weight is 478 g/mol. The van der Waals surface area contributed by atoms with E-state index in [0.29, 0.717) is 42.8 Å². The quantitative estimate of drug-likeness (QED) is 0.664. The minimum absolute atomic E-state index is 0.0160. The lowest BCUT2D eigenvalue weighted by molar-refractivity contribution is -0.127. The van der Waals surface area contributed by atoms with Crippen LogP contribution in [0.4, 0.5) is 0 Å². The highest BCUT2D eigenvalue weighted by molar-refractivity contribution is 5.96. The topological polar surface area (TPSA) is 87.7 Å². The summed E-state index contributed by atoms with van der Waals surface area (Å²) in [6, 6.07) is 14.5. The Kier molecular flexibility index (Phi) is 8.06. The van der Waals surface area contributed by atoms with Crippen molar-refractivity contribution in [3.05, 3.63) is 65.2 Å². The van der Waals surface area contributed by atoms with E-state index in [1.807, 2.05) is 36.1 Å². The number of benzene rings is 2. The van der Waals surface area contributed by atoms with E-state index in [4.69, 9.17) is 4.74 Å². The Morgan fingerprint density at radius 2 is 1.49 bits per heavy atom. The number of carbonyl (C=O) groups is 3. The van der Waals surface area contributed by atoms with Crippen LogP contribution in [-0.4, -0.2) is 54.9 Å². The molecule has 0 bridgehead atoms. The predicted octanol–water partition coefficient (Wildman–Crippen LogP) is 3.71. The van der Waals surface area contributed by atoms with Crippen molar-refractivity contribution in [2.24, 2.45) is 5.92 Å². The number of rotatable bonds is 6. The normalized spacial score (nSPS) is 20.7. The van der Waals surface area contributed by atoms with E-state index in [1.54, 1.807) is 31.4 Å². The predicted molar refractivity (Wildman–Crippen MR) is 134 cm³/mol. The molecule has 1 saturated heterocycles. The number of ether oxygens (including phenoxy) is 1. The molecule has 1 unspecified atom stereocenters. The van der Waals surface area contributed by atoms with Crippen molar-refractivity contribution in [2.75, 3.05) is 20.2 Å². The molecule has 1 aliphatic heterocycles. The molecule has 3 amide bonds. The summed E-state index contributed by atoms with van der Waals surface area (Å²) in [5, 5.41) is 6.39. The molecule has 0 radical (unpaired) electrons. The Morgan fingerprint density at radius 1 is 0.857 bits per heavy atom. The molecule has 1 aliphatic carbocycles. The molecular formula is C28H35N3O4. The maximum atomic E-state index is 13.1. The van der Waals surface area contributed by atoms with Gasteiger partial charge in [-0.15, -0.1) is 0 Å². The van der Waals surface area contributed by atoms with E-state index < -0.39 is 0 Å². The first-order valence-electron chi connectivity index (χ1n) is 12.6. The van der Waals surface area contributed by atoms with E-state index in [0.717, 1.165) is 31.2 Å². The van der Waals surface area contributed by atoms with E-state index >= 15 is 0 Å². The highest BCUT2D eigenvalue weighted by Gasteiger charge is 2.32. The second-order valence-electron chi connectivity index (χ2n) is 9.59. The first-order chi connectivity index (χ1) is 17.0. The largest absolute Gasteiger partial charge is 0.497 e. The third-order valence-corrected chi connectivity index (χ3v) is 7.29. The lowest BCUT2D eigenvalue weighted by Crippen LogP contribution is -2.55. The average Bonchev–Trinajstić information content (AvgIpc) is 2.89. The lowest BCUT2D eigenvalue weighted by Gasteiger charge is -2.36. The van der Waals surface area contributed by atoms with Gasteiger partial charge >= 0.3 is 0 Å². The standard InChI is InChI=1S/C28H35N3O4/c1-19-7-3-4-8-23(19)27(33)30-25-10-6-5-9-24(25)29-26(32)20-15-17-31(18-16-20)28(34)21-11-13-22(35-2)14-12-21/h3-4,7-8,11-14,20,24-25H,5-6,9-10,15-18H2,1-2H3,(H,29,32)(H,30,33)/t24?,25-/m1/s1. The molecule has 1 heterocycles. The number of nitrogens with one attached hydrogen (secondary N) is 2. The Hall–Kier alpha value is -3.35. The lowest BCUT2D eigenvalue weighted by atomic mass is 9.88. The molecule has 2 aromatic carbocycles. The van der Waals surface area contributed by atoms with Crippen LogP contribution in [0.5, 0.6) is 5.75 Å². The molecule has 4 rings (SSSR count). The van der Waals surface area contributed by atoms with Gasteiger partial charge in [-0.2, -0.15) is 0 Å². The zero-order chi connectivity index (χ0) is 24.8. The van der Waals surface area contributed by atoms with Gasteiger partial charge in [0.05, 0.1) is 7.11 Å². The number of carbonyl (C=O) groups excluding carboxylic acids is 3. The summed E-state index contributed by atoms with van der Waals surface area (Å²) in [4.78, 5) is 40.6. The van der Waals surface area contributed by atoms with Gasteiger partial charge in [-0.3, -0.25) is 14.4 Å². The fourth-order valence-corrected chi connectivity index (χ4v) is 5.11. The van der Waals surface area contributed by atoms with Crippen LogP contribution in [0.25, 0.3) is 0 Å². The summed E-state index contributed by atoms with van der Waals surface area (Å²) in [6.45, 7) is 3.04. The van der Waals surface area contributed by atoms with Crippen molar-refractivity contribution >= 4 is 17.7 Å². The molecule has 2 aliphatic rings. The van der Waals surface area contributed by atoms with Crippen molar-refractivity contribution < 1.29 is 19.1 Å². The van der Waals surface area contributed by atoms with Gasteiger partial charge in [0.1, 0.15) is 5.75 Å². The van der Waals surface area contributed by atoms with E-state index in [1.165, 1.54) is 0 Å². The highest BCUT2D eigenvalue weighted by atomic mass is 16.5. The smallest absolute Gasteiger partial charge is 0.253 e. The Bertz CT molecular complexity index is 1040. The van der Waals surface area contributed by atoms with E-state index in [9.17, 15) is 14.4 Å². The third kappa shape index (κ3) is 6.02. The van der Waals surface area contributed by atoms with Crippen molar-refractivity contribution in [3.63, 3.8) is 0 Å². The van der Waals surface area contributed by atoms with Gasteiger partial charge in [0.25, 0.3) is 11.8 Å². The summed E-state index contributed by atoms with van der Waals surface area (Å²) in [6.07, 6.45) is 5.07.